The number of primary amides is 1. The second-order valence-corrected chi connectivity index (χ2v) is 25.0. The second kappa shape index (κ2) is 37.0. The Morgan fingerprint density at radius 2 is 1.29 bits per heavy atom. The van der Waals surface area contributed by atoms with Crippen LogP contribution in [0.25, 0.3) is 10.9 Å². The number of urea groups is 1. The Bertz CT molecular complexity index is 3460. The first-order valence-electron chi connectivity index (χ1n) is 32.2. The van der Waals surface area contributed by atoms with Crippen LogP contribution in [0, 0.1) is 0 Å². The standard InChI is InChI=1S/C64H87N17O14S/c65-57(86)46-10-5-6-24-81-35-41(79-80-81)33-51(71-55(85)36-95-29-28-94-27-26-93-25-23-68-54(84)13-4-3-12-53-56-52(37-96-53)77-64(92)78-56)62(91)76-50(32-40-34-70-45-9-2-1-8-44(40)45)61(90)75-49(31-39-16-20-43(83)21-17-39)60(89)73-47(11-7-22-69-63(66)67)58(87)74-48(59(88)72-46)30-38-14-18-42(82)19-15-38/h1-2,8-9,14-21,34-35,46-53,56,70,82-83H,3-7,10-13,22-33,36-37H2,(H2,65,86)(H,68,84)(H,71,85)(H,72,88)(H,73,89)(H,74,87)(H,75,90)(H,76,91)(H4,66,67,69)(H2,77,78,92)/t46-,47+,48+,49+,50+,51-,52+,53?,56+/m0/s1. The van der Waals surface area contributed by atoms with E-state index in [1.807, 2.05) is 36.0 Å². The highest BCUT2D eigenvalue weighted by Crippen LogP contribution is 2.33. The molecule has 18 N–H and O–H groups in total. The number of amides is 10. The number of aliphatic imine (C=N–C) groups is 1. The lowest BCUT2D eigenvalue weighted by Crippen LogP contribution is -2.60. The minimum absolute atomic E-state index is 0.00983. The Balaban J connectivity index is 0.953. The Hall–Kier alpha value is -9.53. The van der Waals surface area contributed by atoms with Gasteiger partial charge in [0.05, 0.1) is 50.8 Å². The van der Waals surface area contributed by atoms with Gasteiger partial charge in [-0.25, -0.2) is 4.79 Å². The topological polar surface area (TPSA) is 467 Å². The lowest BCUT2D eigenvalue weighted by Gasteiger charge is -2.28. The first kappa shape index (κ1) is 72.3. The van der Waals surface area contributed by atoms with E-state index in [0.29, 0.717) is 47.7 Å². The Kier molecular flexibility index (Phi) is 27.8. The van der Waals surface area contributed by atoms with E-state index in [2.05, 4.69) is 68.1 Å². The number of aromatic hydroxyl groups is 2. The molecule has 10 amide bonds. The van der Waals surface area contributed by atoms with Crippen LogP contribution in [0.3, 0.4) is 0 Å². The number of carbonyl (C=O) groups is 9. The van der Waals surface area contributed by atoms with Gasteiger partial charge in [-0.05, 0) is 92.0 Å². The number of thioether (sulfide) groups is 1. The van der Waals surface area contributed by atoms with Crippen LogP contribution < -0.4 is 65.1 Å². The fourth-order valence-corrected chi connectivity index (χ4v) is 12.9. The van der Waals surface area contributed by atoms with Gasteiger partial charge in [0.15, 0.2) is 5.96 Å². The Morgan fingerprint density at radius 3 is 1.98 bits per heavy atom. The summed E-state index contributed by atoms with van der Waals surface area (Å²) in [7, 11) is 0. The molecule has 96 heavy (non-hydrogen) atoms. The molecule has 518 valence electrons. The SMILES string of the molecule is NC(=O)[C@@H]1CCCCn2cc(nn2)C[C@H](NC(=O)COCCOCCOCCNC(=O)CCCCC2SC[C@H]3NC(=O)N[C@@H]23)C(=O)N[C@H](Cc2c[nH]c3ccccc23)C(=O)N[C@H](Cc2ccc(O)cc2)C(=O)N[C@H](CCCN=C(N)N)C(=O)N[C@H](Cc2ccc(O)cc2)C(=O)N1. The van der Waals surface area contributed by atoms with Gasteiger partial charge < -0.3 is 94.5 Å². The van der Waals surface area contributed by atoms with Crippen LogP contribution in [0.2, 0.25) is 0 Å². The minimum atomic E-state index is -1.49. The van der Waals surface area contributed by atoms with E-state index in [0.717, 1.165) is 35.9 Å². The van der Waals surface area contributed by atoms with Crippen LogP contribution in [0.4, 0.5) is 4.79 Å². The molecule has 3 aromatic carbocycles. The van der Waals surface area contributed by atoms with E-state index in [1.165, 1.54) is 41.1 Å². The number of nitrogens with two attached hydrogens (primary N) is 3. The molecule has 5 aromatic rings. The third-order valence-corrected chi connectivity index (χ3v) is 17.9. The smallest absolute Gasteiger partial charge is 0.315 e. The molecule has 31 nitrogen and oxygen atoms in total. The van der Waals surface area contributed by atoms with Crippen molar-refractivity contribution in [3.05, 3.63) is 108 Å². The molecule has 8 rings (SSSR count). The molecule has 9 atom stereocenters. The third-order valence-electron chi connectivity index (χ3n) is 16.4. The molecule has 3 aliphatic heterocycles. The van der Waals surface area contributed by atoms with E-state index >= 15 is 4.79 Å². The summed E-state index contributed by atoms with van der Waals surface area (Å²) in [6, 6.07) is 10.9. The van der Waals surface area contributed by atoms with Crippen LogP contribution in [0.15, 0.2) is 90.2 Å². The number of aromatic amines is 1. The maximum atomic E-state index is 15.1. The fraction of sp³-hybridized carbons (Fsp3) is 0.500. The van der Waals surface area contributed by atoms with Gasteiger partial charge >= 0.3 is 6.03 Å². The highest BCUT2D eigenvalue weighted by molar-refractivity contribution is 8.00. The molecule has 5 heterocycles. The summed E-state index contributed by atoms with van der Waals surface area (Å²) in [5.41, 5.74) is 19.7. The average Bonchev–Trinajstić information content (AvgIpc) is 1.72. The molecule has 2 aromatic heterocycles. The van der Waals surface area contributed by atoms with Gasteiger partial charge in [0.1, 0.15) is 54.4 Å². The summed E-state index contributed by atoms with van der Waals surface area (Å²) in [6.07, 6.45) is 6.31. The molecule has 2 bridgehead atoms. The van der Waals surface area contributed by atoms with Crippen LogP contribution in [-0.2, 0) is 84.8 Å². The van der Waals surface area contributed by atoms with Crippen LogP contribution in [-0.4, -0.2) is 202 Å². The van der Waals surface area contributed by atoms with E-state index in [4.69, 9.17) is 31.4 Å². The van der Waals surface area contributed by atoms with Crippen molar-refractivity contribution in [3.8, 4) is 11.5 Å². The van der Waals surface area contributed by atoms with Gasteiger partial charge in [0.25, 0.3) is 0 Å². The minimum Gasteiger partial charge on any atom is -0.508 e. The summed E-state index contributed by atoms with van der Waals surface area (Å²) in [4.78, 5) is 132. The molecule has 32 heteroatoms. The van der Waals surface area contributed by atoms with E-state index in [1.54, 1.807) is 24.5 Å². The zero-order valence-corrected chi connectivity index (χ0v) is 54.1. The number of carbonyl (C=O) groups excluding carboxylic acids is 9. The number of hydrogen-bond donors (Lipinski definition) is 15. The number of nitrogens with zero attached hydrogens (tertiary/aromatic N) is 4. The normalized spacial score (nSPS) is 22.2. The van der Waals surface area contributed by atoms with Gasteiger partial charge in [0, 0.05) is 86.0 Å². The molecular formula is C64H87N17O14S. The molecule has 1 unspecified atom stereocenters. The van der Waals surface area contributed by atoms with Gasteiger partial charge in [-0.1, -0.05) is 54.1 Å². The summed E-state index contributed by atoms with van der Waals surface area (Å²) in [5, 5.41) is 55.2. The summed E-state index contributed by atoms with van der Waals surface area (Å²) >= 11 is 1.85. The van der Waals surface area contributed by atoms with Crippen molar-refractivity contribution < 1.29 is 67.6 Å². The zero-order chi connectivity index (χ0) is 68.3. The Labute approximate surface area is 558 Å². The van der Waals surface area contributed by atoms with Crippen molar-refractivity contribution in [1.82, 2.24) is 67.8 Å². The van der Waals surface area contributed by atoms with Crippen molar-refractivity contribution in [1.29, 1.82) is 0 Å². The van der Waals surface area contributed by atoms with Crippen LogP contribution in [0.5, 0.6) is 11.5 Å². The number of benzene rings is 3. The number of fused-ring (bicyclic) bond motifs is 4. The molecule has 0 saturated carbocycles. The number of hydrogen-bond acceptors (Lipinski definition) is 18. The summed E-state index contributed by atoms with van der Waals surface area (Å²) < 4.78 is 18.4. The molecule has 3 aliphatic rings. The highest BCUT2D eigenvalue weighted by atomic mass is 32.2. The number of phenolic OH excluding ortho intramolecular Hbond substituents is 2. The maximum Gasteiger partial charge on any atom is 0.315 e. The van der Waals surface area contributed by atoms with Crippen molar-refractivity contribution in [2.45, 2.75) is 144 Å². The molecule has 2 saturated heterocycles. The van der Waals surface area contributed by atoms with Gasteiger partial charge in [-0.15, -0.1) is 5.10 Å². The monoisotopic (exact) mass is 1350 g/mol. The average molecular weight is 1350 g/mol. The Morgan fingerprint density at radius 1 is 0.667 bits per heavy atom. The van der Waals surface area contributed by atoms with Crippen molar-refractivity contribution >= 4 is 81.9 Å². The van der Waals surface area contributed by atoms with Crippen molar-refractivity contribution in [2.24, 2.45) is 22.2 Å². The van der Waals surface area contributed by atoms with Gasteiger partial charge in [0.2, 0.25) is 47.3 Å². The number of unbranched alkanes of at least 4 members (excludes halogenated alkanes) is 1. The number of rotatable bonds is 28. The first-order valence-corrected chi connectivity index (χ1v) is 33.2. The number of nitrogens with one attached hydrogen (secondary N) is 10. The number of aromatic nitrogens is 4. The van der Waals surface area contributed by atoms with Gasteiger partial charge in [-0.3, -0.25) is 48.0 Å². The largest absolute Gasteiger partial charge is 0.508 e. The molecule has 2 fully saturated rings. The van der Waals surface area contributed by atoms with Crippen LogP contribution >= 0.6 is 11.8 Å². The number of phenols is 2. The fourth-order valence-electron chi connectivity index (χ4n) is 11.4. The lowest BCUT2D eigenvalue weighted by atomic mass is 10.0. The number of para-hydroxylation sites is 1. The number of aryl methyl sites for hydroxylation is 1. The third kappa shape index (κ3) is 23.1. The molecular weight excluding hydrogens is 1260 g/mol. The summed E-state index contributed by atoms with van der Waals surface area (Å²) in [6.45, 7) is 0.908. The number of H-pyrrole nitrogens is 1. The van der Waals surface area contributed by atoms with E-state index in [9.17, 15) is 48.6 Å². The zero-order valence-electron chi connectivity index (χ0n) is 53.3. The molecule has 0 aliphatic carbocycles. The van der Waals surface area contributed by atoms with E-state index < -0.39 is 84.2 Å². The molecule has 0 spiro atoms. The lowest BCUT2D eigenvalue weighted by molar-refractivity contribution is -0.135. The number of ether oxygens (including phenoxy) is 3. The first-order chi connectivity index (χ1) is 46.3. The van der Waals surface area contributed by atoms with Crippen molar-refractivity contribution in [2.75, 3.05) is 58.5 Å². The van der Waals surface area contributed by atoms with Gasteiger partial charge in [-0.2, -0.15) is 11.8 Å². The summed E-state index contributed by atoms with van der Waals surface area (Å²) in [5.74, 6) is -5.25. The van der Waals surface area contributed by atoms with Crippen LogP contribution in [0.1, 0.15) is 80.2 Å². The predicted molar refractivity (Wildman–Crippen MR) is 353 cm³/mol. The molecule has 0 radical (unpaired) electrons. The second-order valence-electron chi connectivity index (χ2n) is 23.7. The van der Waals surface area contributed by atoms with Crippen molar-refractivity contribution in [3.63, 3.8) is 0 Å². The predicted octanol–water partition coefficient (Wildman–Crippen LogP) is -1.04. The maximum absolute atomic E-state index is 15.1. The van der Waals surface area contributed by atoms with E-state index in [-0.39, 0.29) is 138 Å². The quantitative estimate of drug-likeness (QED) is 0.0123. The number of guanidine groups is 1. The highest BCUT2D eigenvalue weighted by Gasteiger charge is 2.43.